The zero-order valence-corrected chi connectivity index (χ0v) is 7.14. The minimum Gasteiger partial charge on any atom is -0.388 e. The molecule has 0 saturated heterocycles. The molecule has 0 unspecified atom stereocenters. The van der Waals surface area contributed by atoms with E-state index < -0.39 is 12.2 Å². The minimum atomic E-state index is -4.67. The molecule has 0 aromatic carbocycles. The van der Waals surface area contributed by atoms with E-state index in [4.69, 9.17) is 0 Å². The molecule has 0 fully saturated rings. The summed E-state index contributed by atoms with van der Waals surface area (Å²) in [6.07, 6.45) is -4.67. The topological polar surface area (TPSA) is 22.1 Å². The Labute approximate surface area is 73.4 Å². The third-order valence-corrected chi connectivity index (χ3v) is 1.29. The number of pyridine rings is 1. The van der Waals surface area contributed by atoms with Crippen LogP contribution >= 0.6 is 0 Å². The van der Waals surface area contributed by atoms with Crippen LogP contribution in [0.4, 0.5) is 13.2 Å². The average molecular weight is 191 g/mol. The Kier molecular flexibility index (Phi) is 2.45. The predicted molar refractivity (Wildman–Crippen MR) is 40.4 cm³/mol. The van der Waals surface area contributed by atoms with Gasteiger partial charge in [0.15, 0.2) is 0 Å². The zero-order chi connectivity index (χ0) is 10.1. The first-order valence-electron chi connectivity index (χ1n) is 3.58. The first kappa shape index (κ1) is 9.83. The van der Waals surface area contributed by atoms with Crippen LogP contribution in [-0.4, -0.2) is 11.3 Å². The van der Waals surface area contributed by atoms with Crippen LogP contribution in [0, 0.1) is 13.8 Å². The number of aromatic nitrogens is 1. The highest BCUT2D eigenvalue weighted by atomic mass is 19.4. The molecule has 1 rings (SSSR count). The summed E-state index contributed by atoms with van der Waals surface area (Å²) in [6, 6.07) is 2.91. The fraction of sp³-hybridized carbons (Fsp3) is 0.375. The van der Waals surface area contributed by atoms with Crippen molar-refractivity contribution in [1.29, 1.82) is 0 Å². The van der Waals surface area contributed by atoms with Crippen LogP contribution in [0.5, 0.6) is 5.88 Å². The summed E-state index contributed by atoms with van der Waals surface area (Å²) in [4.78, 5) is 3.58. The maximum atomic E-state index is 11.7. The van der Waals surface area contributed by atoms with Gasteiger partial charge in [0, 0.05) is 11.8 Å². The average Bonchev–Trinajstić information content (AvgIpc) is 1.78. The lowest BCUT2D eigenvalue weighted by molar-refractivity contribution is -0.276. The van der Waals surface area contributed by atoms with Crippen molar-refractivity contribution in [2.24, 2.45) is 0 Å². The van der Waals surface area contributed by atoms with Crippen molar-refractivity contribution < 1.29 is 17.9 Å². The molecule has 72 valence electrons. The van der Waals surface area contributed by atoms with Crippen LogP contribution in [-0.2, 0) is 0 Å². The van der Waals surface area contributed by atoms with Gasteiger partial charge in [0.05, 0.1) is 0 Å². The third kappa shape index (κ3) is 3.31. The summed E-state index contributed by atoms with van der Waals surface area (Å²) >= 11 is 0. The van der Waals surface area contributed by atoms with Crippen LogP contribution in [0.15, 0.2) is 12.1 Å². The number of hydrogen-bond acceptors (Lipinski definition) is 2. The second-order valence-electron chi connectivity index (χ2n) is 2.67. The Morgan fingerprint density at radius 1 is 1.23 bits per heavy atom. The van der Waals surface area contributed by atoms with Crippen LogP contribution < -0.4 is 4.74 Å². The second kappa shape index (κ2) is 3.24. The molecule has 0 spiro atoms. The van der Waals surface area contributed by atoms with Gasteiger partial charge in [0.25, 0.3) is 0 Å². The van der Waals surface area contributed by atoms with E-state index in [1.807, 2.05) is 0 Å². The third-order valence-electron chi connectivity index (χ3n) is 1.29. The lowest BCUT2D eigenvalue weighted by Crippen LogP contribution is -2.18. The monoisotopic (exact) mass is 191 g/mol. The first-order valence-corrected chi connectivity index (χ1v) is 3.58. The standard InChI is InChI=1S/C8H8F3NO/c1-5-3-6(2)12-7(4-5)13-8(9,10)11/h3-4H,1-2H3. The first-order chi connectivity index (χ1) is 5.87. The number of nitrogens with zero attached hydrogens (tertiary/aromatic N) is 1. The number of aryl methyl sites for hydroxylation is 2. The Morgan fingerprint density at radius 2 is 1.85 bits per heavy atom. The van der Waals surface area contributed by atoms with Crippen molar-refractivity contribution in [1.82, 2.24) is 4.98 Å². The lowest BCUT2D eigenvalue weighted by atomic mass is 10.2. The summed E-state index contributed by atoms with van der Waals surface area (Å²) in [5, 5.41) is 0. The predicted octanol–water partition coefficient (Wildman–Crippen LogP) is 2.60. The number of hydrogen-bond donors (Lipinski definition) is 0. The summed E-state index contributed by atoms with van der Waals surface area (Å²) < 4.78 is 38.9. The van der Waals surface area contributed by atoms with Gasteiger partial charge < -0.3 is 4.74 Å². The molecule has 0 aliphatic heterocycles. The van der Waals surface area contributed by atoms with E-state index in [9.17, 15) is 13.2 Å². The summed E-state index contributed by atoms with van der Waals surface area (Å²) in [6.45, 7) is 3.29. The number of alkyl halides is 3. The molecular formula is C8H8F3NO. The van der Waals surface area contributed by atoms with E-state index in [1.165, 1.54) is 6.07 Å². The van der Waals surface area contributed by atoms with Gasteiger partial charge in [-0.25, -0.2) is 4.98 Å². The van der Waals surface area contributed by atoms with E-state index in [0.717, 1.165) is 0 Å². The molecule has 0 aliphatic rings. The van der Waals surface area contributed by atoms with Gasteiger partial charge in [-0.2, -0.15) is 0 Å². The molecule has 0 atom stereocenters. The molecule has 1 aromatic heterocycles. The number of halogens is 3. The van der Waals surface area contributed by atoms with Crippen LogP contribution in [0.1, 0.15) is 11.3 Å². The Balaban J connectivity index is 2.90. The fourth-order valence-corrected chi connectivity index (χ4v) is 0.975. The van der Waals surface area contributed by atoms with E-state index in [2.05, 4.69) is 9.72 Å². The van der Waals surface area contributed by atoms with Gasteiger partial charge in [-0.15, -0.1) is 13.2 Å². The molecule has 0 aliphatic carbocycles. The molecule has 0 amide bonds. The molecule has 0 bridgehead atoms. The minimum absolute atomic E-state index is 0.412. The van der Waals surface area contributed by atoms with Crippen LogP contribution in [0.3, 0.4) is 0 Å². The van der Waals surface area contributed by atoms with Crippen molar-refractivity contribution in [3.8, 4) is 5.88 Å². The second-order valence-corrected chi connectivity index (χ2v) is 2.67. The summed E-state index contributed by atoms with van der Waals surface area (Å²) in [7, 11) is 0. The smallest absolute Gasteiger partial charge is 0.388 e. The summed E-state index contributed by atoms with van der Waals surface area (Å²) in [5.74, 6) is -0.412. The van der Waals surface area contributed by atoms with Gasteiger partial charge >= 0.3 is 6.36 Å². The molecule has 2 nitrogen and oxygen atoms in total. The van der Waals surface area contributed by atoms with Gasteiger partial charge in [-0.3, -0.25) is 0 Å². The summed E-state index contributed by atoms with van der Waals surface area (Å²) in [5.41, 5.74) is 1.19. The van der Waals surface area contributed by atoms with Crippen molar-refractivity contribution in [3.63, 3.8) is 0 Å². The van der Waals surface area contributed by atoms with Crippen molar-refractivity contribution in [2.45, 2.75) is 20.2 Å². The Hall–Kier alpha value is -1.26. The highest BCUT2D eigenvalue weighted by Gasteiger charge is 2.31. The highest BCUT2D eigenvalue weighted by molar-refractivity contribution is 5.23. The Bertz CT molecular complexity index is 288. The lowest BCUT2D eigenvalue weighted by Gasteiger charge is -2.08. The zero-order valence-electron chi connectivity index (χ0n) is 7.14. The van der Waals surface area contributed by atoms with Crippen molar-refractivity contribution in [3.05, 3.63) is 23.4 Å². The van der Waals surface area contributed by atoms with Crippen LogP contribution in [0.2, 0.25) is 0 Å². The van der Waals surface area contributed by atoms with E-state index >= 15 is 0 Å². The molecule has 13 heavy (non-hydrogen) atoms. The maximum absolute atomic E-state index is 11.7. The van der Waals surface area contributed by atoms with E-state index in [0.29, 0.717) is 11.3 Å². The Morgan fingerprint density at radius 3 is 2.31 bits per heavy atom. The fourth-order valence-electron chi connectivity index (χ4n) is 0.975. The molecule has 1 heterocycles. The normalized spacial score (nSPS) is 11.5. The molecule has 0 N–H and O–H groups in total. The number of ether oxygens (including phenoxy) is 1. The molecule has 1 aromatic rings. The van der Waals surface area contributed by atoms with E-state index in [1.54, 1.807) is 19.9 Å². The van der Waals surface area contributed by atoms with Gasteiger partial charge in [-0.1, -0.05) is 0 Å². The van der Waals surface area contributed by atoms with Crippen molar-refractivity contribution >= 4 is 0 Å². The molecular weight excluding hydrogens is 183 g/mol. The van der Waals surface area contributed by atoms with Gasteiger partial charge in [-0.05, 0) is 25.5 Å². The molecule has 0 saturated carbocycles. The van der Waals surface area contributed by atoms with Gasteiger partial charge in [0.1, 0.15) is 0 Å². The van der Waals surface area contributed by atoms with E-state index in [-0.39, 0.29) is 0 Å². The van der Waals surface area contributed by atoms with Crippen molar-refractivity contribution in [2.75, 3.05) is 0 Å². The molecule has 5 heteroatoms. The van der Waals surface area contributed by atoms with Gasteiger partial charge in [0.2, 0.25) is 5.88 Å². The maximum Gasteiger partial charge on any atom is 0.574 e. The molecule has 0 radical (unpaired) electrons. The SMILES string of the molecule is Cc1cc(C)nc(OC(F)(F)F)c1. The number of rotatable bonds is 1. The largest absolute Gasteiger partial charge is 0.574 e. The highest BCUT2D eigenvalue weighted by Crippen LogP contribution is 2.21. The quantitative estimate of drug-likeness (QED) is 0.680. The van der Waals surface area contributed by atoms with Crippen LogP contribution in [0.25, 0.3) is 0 Å².